The normalized spacial score (nSPS) is 17.7. The maximum absolute atomic E-state index is 4.59. The lowest BCUT2D eigenvalue weighted by molar-refractivity contribution is 0.336. The van der Waals surface area contributed by atoms with Crippen LogP contribution < -0.4 is 5.32 Å². The van der Waals surface area contributed by atoms with Crippen LogP contribution in [0.1, 0.15) is 18.5 Å². The van der Waals surface area contributed by atoms with Gasteiger partial charge in [0, 0.05) is 18.9 Å². The number of piperidine rings is 1. The molecule has 0 amide bonds. The molecule has 1 aliphatic heterocycles. The number of hydrogen-bond acceptors (Lipinski definition) is 3. The molecule has 0 aromatic carbocycles. The lowest BCUT2D eigenvalue weighted by atomic mass is 9.98. The Labute approximate surface area is 101 Å². The predicted molar refractivity (Wildman–Crippen MR) is 67.9 cm³/mol. The van der Waals surface area contributed by atoms with E-state index in [1.165, 1.54) is 12.8 Å². The highest BCUT2D eigenvalue weighted by Crippen LogP contribution is 2.18. The smallest absolute Gasteiger partial charge is 0.158 e. The molecule has 0 bridgehead atoms. The lowest BCUT2D eigenvalue weighted by Crippen LogP contribution is -2.29. The molecular weight excluding hydrogens is 212 g/mol. The Morgan fingerprint density at radius 2 is 2.24 bits per heavy atom. The number of rotatable bonds is 2. The second kappa shape index (κ2) is 4.45. The molecule has 2 aromatic rings. The summed E-state index contributed by atoms with van der Waals surface area (Å²) in [5, 5.41) is 3.40. The fourth-order valence-corrected chi connectivity index (χ4v) is 2.52. The van der Waals surface area contributed by atoms with Crippen LogP contribution in [0.5, 0.6) is 0 Å². The topological polar surface area (TPSA) is 42.7 Å². The van der Waals surface area contributed by atoms with E-state index in [0.717, 1.165) is 42.4 Å². The van der Waals surface area contributed by atoms with Crippen molar-refractivity contribution >= 4 is 11.2 Å². The number of nitrogens with one attached hydrogen (secondary N) is 1. The van der Waals surface area contributed by atoms with Crippen LogP contribution in [0.2, 0.25) is 0 Å². The van der Waals surface area contributed by atoms with Crippen LogP contribution in [0.4, 0.5) is 0 Å². The monoisotopic (exact) mass is 230 g/mol. The second-order valence-corrected chi connectivity index (χ2v) is 4.88. The van der Waals surface area contributed by atoms with E-state index >= 15 is 0 Å². The van der Waals surface area contributed by atoms with Gasteiger partial charge in [0.1, 0.15) is 5.52 Å². The van der Waals surface area contributed by atoms with Gasteiger partial charge in [0.2, 0.25) is 0 Å². The standard InChI is InChI=1S/C13H18N4/c1-10-8-15-12-4-7-17(13(12)16-10)9-11-2-5-14-6-3-11/h4,7-8,11,14H,2-3,5-6,9H2,1H3. The molecule has 0 spiro atoms. The van der Waals surface area contributed by atoms with E-state index in [0.29, 0.717) is 0 Å². The van der Waals surface area contributed by atoms with Gasteiger partial charge in [0.25, 0.3) is 0 Å². The van der Waals surface area contributed by atoms with Gasteiger partial charge in [0.05, 0.1) is 5.69 Å². The van der Waals surface area contributed by atoms with Crippen LogP contribution in [0.3, 0.4) is 0 Å². The molecule has 1 aliphatic rings. The highest BCUT2D eigenvalue weighted by molar-refractivity contribution is 5.71. The summed E-state index contributed by atoms with van der Waals surface area (Å²) in [7, 11) is 0. The lowest BCUT2D eigenvalue weighted by Gasteiger charge is -2.23. The van der Waals surface area contributed by atoms with E-state index in [-0.39, 0.29) is 0 Å². The molecule has 1 saturated heterocycles. The summed E-state index contributed by atoms with van der Waals surface area (Å²) in [6.07, 6.45) is 6.47. The molecule has 17 heavy (non-hydrogen) atoms. The SMILES string of the molecule is Cc1cnc2ccn(CC3CCNCC3)c2n1. The van der Waals surface area contributed by atoms with Crippen molar-refractivity contribution in [3.05, 3.63) is 24.2 Å². The zero-order valence-corrected chi connectivity index (χ0v) is 10.2. The molecule has 1 N–H and O–H groups in total. The number of nitrogens with zero attached hydrogens (tertiary/aromatic N) is 3. The summed E-state index contributed by atoms with van der Waals surface area (Å²) >= 11 is 0. The van der Waals surface area contributed by atoms with E-state index in [9.17, 15) is 0 Å². The summed E-state index contributed by atoms with van der Waals surface area (Å²) < 4.78 is 2.26. The van der Waals surface area contributed by atoms with Gasteiger partial charge in [-0.3, -0.25) is 4.98 Å². The van der Waals surface area contributed by atoms with Crippen molar-refractivity contribution in [2.24, 2.45) is 5.92 Å². The fraction of sp³-hybridized carbons (Fsp3) is 0.538. The summed E-state index contributed by atoms with van der Waals surface area (Å²) in [5.41, 5.74) is 3.02. The minimum Gasteiger partial charge on any atom is -0.331 e. The van der Waals surface area contributed by atoms with E-state index < -0.39 is 0 Å². The molecular formula is C13H18N4. The van der Waals surface area contributed by atoms with Crippen molar-refractivity contribution in [3.8, 4) is 0 Å². The van der Waals surface area contributed by atoms with E-state index in [2.05, 4.69) is 32.1 Å². The number of hydrogen-bond donors (Lipinski definition) is 1. The minimum absolute atomic E-state index is 0.772. The quantitative estimate of drug-likeness (QED) is 0.854. The Morgan fingerprint density at radius 1 is 1.41 bits per heavy atom. The van der Waals surface area contributed by atoms with Crippen molar-refractivity contribution in [2.45, 2.75) is 26.3 Å². The number of aromatic nitrogens is 3. The second-order valence-electron chi connectivity index (χ2n) is 4.88. The highest BCUT2D eigenvalue weighted by Gasteiger charge is 2.14. The van der Waals surface area contributed by atoms with Gasteiger partial charge in [-0.2, -0.15) is 0 Å². The van der Waals surface area contributed by atoms with E-state index in [4.69, 9.17) is 0 Å². The van der Waals surface area contributed by atoms with Crippen molar-refractivity contribution < 1.29 is 0 Å². The first kappa shape index (κ1) is 10.7. The molecule has 3 heterocycles. The van der Waals surface area contributed by atoms with Gasteiger partial charge >= 0.3 is 0 Å². The average Bonchev–Trinajstić information content (AvgIpc) is 2.73. The Morgan fingerprint density at radius 3 is 3.06 bits per heavy atom. The van der Waals surface area contributed by atoms with Crippen LogP contribution >= 0.6 is 0 Å². The molecule has 1 fully saturated rings. The maximum atomic E-state index is 4.59. The molecule has 4 heteroatoms. The van der Waals surface area contributed by atoms with Gasteiger partial charge in [-0.25, -0.2) is 4.98 Å². The van der Waals surface area contributed by atoms with Gasteiger partial charge in [-0.05, 0) is 44.8 Å². The van der Waals surface area contributed by atoms with Crippen LogP contribution in [-0.4, -0.2) is 27.6 Å². The third-order valence-corrected chi connectivity index (χ3v) is 3.50. The summed E-state index contributed by atoms with van der Waals surface area (Å²) in [6, 6.07) is 2.06. The van der Waals surface area contributed by atoms with Crippen LogP contribution in [0.15, 0.2) is 18.5 Å². The van der Waals surface area contributed by atoms with Gasteiger partial charge in [0.15, 0.2) is 5.65 Å². The third kappa shape index (κ3) is 2.17. The molecule has 0 atom stereocenters. The van der Waals surface area contributed by atoms with Crippen molar-refractivity contribution in [3.63, 3.8) is 0 Å². The molecule has 0 unspecified atom stereocenters. The predicted octanol–water partition coefficient (Wildman–Crippen LogP) is 1.74. The Hall–Kier alpha value is -1.42. The molecule has 0 radical (unpaired) electrons. The molecule has 4 nitrogen and oxygen atoms in total. The Kier molecular flexibility index (Phi) is 2.81. The fourth-order valence-electron chi connectivity index (χ4n) is 2.52. The minimum atomic E-state index is 0.772. The molecule has 3 rings (SSSR count). The van der Waals surface area contributed by atoms with Crippen molar-refractivity contribution in [1.82, 2.24) is 19.9 Å². The zero-order chi connectivity index (χ0) is 11.7. The van der Waals surface area contributed by atoms with Crippen molar-refractivity contribution in [2.75, 3.05) is 13.1 Å². The van der Waals surface area contributed by atoms with Crippen LogP contribution in [0.25, 0.3) is 11.2 Å². The Balaban J connectivity index is 1.86. The summed E-state index contributed by atoms with van der Waals surface area (Å²) in [4.78, 5) is 8.98. The number of aryl methyl sites for hydroxylation is 1. The van der Waals surface area contributed by atoms with Gasteiger partial charge in [-0.1, -0.05) is 0 Å². The Bertz CT molecular complexity index is 511. The molecule has 0 aliphatic carbocycles. The molecule has 90 valence electrons. The van der Waals surface area contributed by atoms with Crippen molar-refractivity contribution in [1.29, 1.82) is 0 Å². The first-order valence-corrected chi connectivity index (χ1v) is 6.32. The summed E-state index contributed by atoms with van der Waals surface area (Å²) in [6.45, 7) is 5.36. The third-order valence-electron chi connectivity index (χ3n) is 3.50. The van der Waals surface area contributed by atoms with Crippen LogP contribution in [0, 0.1) is 12.8 Å². The largest absolute Gasteiger partial charge is 0.331 e. The van der Waals surface area contributed by atoms with E-state index in [1.807, 2.05) is 13.1 Å². The molecule has 2 aromatic heterocycles. The van der Waals surface area contributed by atoms with Crippen LogP contribution in [-0.2, 0) is 6.54 Å². The first-order chi connectivity index (χ1) is 8.33. The van der Waals surface area contributed by atoms with Gasteiger partial charge in [-0.15, -0.1) is 0 Å². The number of fused-ring (bicyclic) bond motifs is 1. The first-order valence-electron chi connectivity index (χ1n) is 6.32. The van der Waals surface area contributed by atoms with Gasteiger partial charge < -0.3 is 9.88 Å². The molecule has 0 saturated carbocycles. The zero-order valence-electron chi connectivity index (χ0n) is 10.2. The van der Waals surface area contributed by atoms with E-state index in [1.54, 1.807) is 0 Å². The summed E-state index contributed by atoms with van der Waals surface area (Å²) in [5.74, 6) is 0.772. The average molecular weight is 230 g/mol. The maximum Gasteiger partial charge on any atom is 0.158 e. The highest BCUT2D eigenvalue weighted by atomic mass is 15.1.